The van der Waals surface area contributed by atoms with Crippen molar-refractivity contribution >= 4 is 33.3 Å². The Hall–Kier alpha value is -2.67. The van der Waals surface area contributed by atoms with Crippen LogP contribution in [0, 0.1) is 13.8 Å². The average Bonchev–Trinajstić information content (AvgIpc) is 2.95. The van der Waals surface area contributed by atoms with E-state index in [0.29, 0.717) is 19.0 Å². The van der Waals surface area contributed by atoms with E-state index >= 15 is 0 Å². The second-order valence-corrected chi connectivity index (χ2v) is 7.53. The Kier molecular flexibility index (Phi) is 5.60. The molecule has 1 aromatic carbocycles. The van der Waals surface area contributed by atoms with Crippen LogP contribution in [0.15, 0.2) is 24.3 Å². The molecule has 0 atom stereocenters. The van der Waals surface area contributed by atoms with E-state index in [-0.39, 0.29) is 6.42 Å². The normalized spacial score (nSPS) is 11.0. The quantitative estimate of drug-likeness (QED) is 0.654. The van der Waals surface area contributed by atoms with Crippen molar-refractivity contribution in [1.29, 1.82) is 0 Å². The maximum absolute atomic E-state index is 11.0. The number of rotatable bonds is 7. The van der Waals surface area contributed by atoms with Gasteiger partial charge in [-0.2, -0.15) is 0 Å². The zero-order valence-electron chi connectivity index (χ0n) is 15.9. The predicted molar refractivity (Wildman–Crippen MR) is 109 cm³/mol. The van der Waals surface area contributed by atoms with Crippen LogP contribution in [0.25, 0.3) is 21.3 Å². The van der Waals surface area contributed by atoms with Gasteiger partial charge in [-0.3, -0.25) is 4.79 Å². The number of carbonyl (C=O) groups is 1. The van der Waals surface area contributed by atoms with Crippen molar-refractivity contribution in [3.63, 3.8) is 0 Å². The number of aryl methyl sites for hydroxylation is 2. The summed E-state index contributed by atoms with van der Waals surface area (Å²) in [5.74, 6) is 1.47. The summed E-state index contributed by atoms with van der Waals surface area (Å²) < 4.78 is 5.54. The van der Waals surface area contributed by atoms with Crippen LogP contribution in [0.5, 0.6) is 5.75 Å². The van der Waals surface area contributed by atoms with Crippen LogP contribution >= 0.6 is 11.3 Å². The smallest absolute Gasteiger partial charge is 0.305 e. The molecule has 1 N–H and O–H groups in total. The van der Waals surface area contributed by atoms with E-state index in [9.17, 15) is 4.79 Å². The fraction of sp³-hybridized carbons (Fsp3) is 0.350. The molecule has 0 aliphatic heterocycles. The third-order valence-corrected chi connectivity index (χ3v) is 5.30. The summed E-state index contributed by atoms with van der Waals surface area (Å²) in [4.78, 5) is 24.2. The number of nitrogens with zero attached hydrogens (tertiary/aromatic N) is 3. The number of carboxylic acids is 1. The van der Waals surface area contributed by atoms with Gasteiger partial charge in [0.2, 0.25) is 0 Å². The number of hydrogen-bond acceptors (Lipinski definition) is 6. The van der Waals surface area contributed by atoms with Crippen molar-refractivity contribution in [2.45, 2.75) is 27.2 Å². The summed E-state index contributed by atoms with van der Waals surface area (Å²) in [7, 11) is 1.87. The number of fused-ring (bicyclic) bond motifs is 1. The summed E-state index contributed by atoms with van der Waals surface area (Å²) in [6.45, 7) is 6.92. The summed E-state index contributed by atoms with van der Waals surface area (Å²) in [5.41, 5.74) is 2.16. The van der Waals surface area contributed by atoms with Gasteiger partial charge in [-0.1, -0.05) is 12.1 Å². The number of aliphatic carboxylic acids is 1. The maximum Gasteiger partial charge on any atom is 0.305 e. The van der Waals surface area contributed by atoms with Gasteiger partial charge in [0.1, 0.15) is 22.2 Å². The van der Waals surface area contributed by atoms with E-state index in [2.05, 4.69) is 16.9 Å². The monoisotopic (exact) mass is 385 g/mol. The zero-order chi connectivity index (χ0) is 19.6. The first-order valence-corrected chi connectivity index (χ1v) is 9.66. The molecule has 142 valence electrons. The van der Waals surface area contributed by atoms with Crippen LogP contribution in [0.2, 0.25) is 0 Å². The molecule has 0 saturated carbocycles. The lowest BCUT2D eigenvalue weighted by Gasteiger charge is -2.19. The molecular formula is C20H23N3O3S. The van der Waals surface area contributed by atoms with Crippen molar-refractivity contribution in [3.05, 3.63) is 35.0 Å². The van der Waals surface area contributed by atoms with Crippen LogP contribution in [-0.2, 0) is 4.79 Å². The minimum atomic E-state index is -0.822. The Balaban J connectivity index is 2.12. The minimum Gasteiger partial charge on any atom is -0.494 e. The lowest BCUT2D eigenvalue weighted by atomic mass is 10.0. The second-order valence-electron chi connectivity index (χ2n) is 6.33. The van der Waals surface area contributed by atoms with Gasteiger partial charge in [-0.15, -0.1) is 11.3 Å². The van der Waals surface area contributed by atoms with E-state index in [1.807, 2.05) is 50.1 Å². The Morgan fingerprint density at radius 2 is 1.93 bits per heavy atom. The molecule has 0 spiro atoms. The van der Waals surface area contributed by atoms with Crippen molar-refractivity contribution < 1.29 is 14.6 Å². The Morgan fingerprint density at radius 1 is 1.22 bits per heavy atom. The lowest BCUT2D eigenvalue weighted by Crippen LogP contribution is -2.22. The fourth-order valence-corrected chi connectivity index (χ4v) is 4.16. The molecule has 0 aliphatic carbocycles. The summed E-state index contributed by atoms with van der Waals surface area (Å²) in [6, 6.07) is 8.01. The van der Waals surface area contributed by atoms with Crippen LogP contribution in [0.4, 0.5) is 5.82 Å². The highest BCUT2D eigenvalue weighted by molar-refractivity contribution is 7.19. The van der Waals surface area contributed by atoms with Crippen LogP contribution in [0.1, 0.15) is 24.0 Å². The number of thiophene rings is 1. The van der Waals surface area contributed by atoms with Gasteiger partial charge in [0.15, 0.2) is 0 Å². The first-order valence-electron chi connectivity index (χ1n) is 8.84. The molecule has 2 aromatic heterocycles. The second kappa shape index (κ2) is 7.92. The molecule has 6 nitrogen and oxygen atoms in total. The van der Waals surface area contributed by atoms with Gasteiger partial charge in [0.25, 0.3) is 0 Å². The third kappa shape index (κ3) is 4.03. The standard InChI is InChI=1S/C20H23N3O3S/c1-5-26-15-8-6-14(7-9-15)17-12(2)27-20-18(17)19(21-13(3)22-20)23(4)11-10-16(24)25/h6-9H,5,10-11H2,1-4H3,(H,24,25). The number of anilines is 1. The molecule has 3 aromatic rings. The molecule has 0 unspecified atom stereocenters. The van der Waals surface area contributed by atoms with Crippen LogP contribution < -0.4 is 9.64 Å². The Labute approximate surface area is 162 Å². The Bertz CT molecular complexity index is 967. The summed E-state index contributed by atoms with van der Waals surface area (Å²) in [5, 5.41) is 9.99. The molecule has 27 heavy (non-hydrogen) atoms. The highest BCUT2D eigenvalue weighted by Crippen LogP contribution is 2.41. The predicted octanol–water partition coefficient (Wildman–Crippen LogP) is 4.28. The zero-order valence-corrected chi connectivity index (χ0v) is 16.8. The molecule has 0 aliphatic rings. The third-order valence-electron chi connectivity index (χ3n) is 4.30. The van der Waals surface area contributed by atoms with Gasteiger partial charge in [0, 0.05) is 24.0 Å². The molecular weight excluding hydrogens is 362 g/mol. The molecule has 0 saturated heterocycles. The van der Waals surface area contributed by atoms with Gasteiger partial charge in [-0.25, -0.2) is 9.97 Å². The van der Waals surface area contributed by atoms with Gasteiger partial charge < -0.3 is 14.7 Å². The van der Waals surface area contributed by atoms with E-state index < -0.39 is 5.97 Å². The van der Waals surface area contributed by atoms with Crippen LogP contribution in [-0.4, -0.2) is 41.2 Å². The topological polar surface area (TPSA) is 75.6 Å². The van der Waals surface area contributed by atoms with Gasteiger partial charge in [-0.05, 0) is 38.5 Å². The molecule has 7 heteroatoms. The van der Waals surface area contributed by atoms with Gasteiger partial charge in [0.05, 0.1) is 18.4 Å². The molecule has 3 rings (SSSR count). The first kappa shape index (κ1) is 19.1. The van der Waals surface area contributed by atoms with Crippen molar-refractivity contribution in [1.82, 2.24) is 9.97 Å². The Morgan fingerprint density at radius 3 is 2.56 bits per heavy atom. The minimum absolute atomic E-state index is 0.0581. The molecule has 0 amide bonds. The summed E-state index contributed by atoms with van der Waals surface area (Å²) in [6.07, 6.45) is 0.0581. The van der Waals surface area contributed by atoms with E-state index in [0.717, 1.165) is 37.8 Å². The molecule has 0 radical (unpaired) electrons. The van der Waals surface area contributed by atoms with Crippen molar-refractivity contribution in [2.24, 2.45) is 0 Å². The van der Waals surface area contributed by atoms with Crippen molar-refractivity contribution in [3.8, 4) is 16.9 Å². The number of hydrogen-bond donors (Lipinski definition) is 1. The number of benzene rings is 1. The van der Waals surface area contributed by atoms with E-state index in [1.54, 1.807) is 11.3 Å². The maximum atomic E-state index is 11.0. The van der Waals surface area contributed by atoms with Crippen LogP contribution in [0.3, 0.4) is 0 Å². The molecule has 0 fully saturated rings. The SMILES string of the molecule is CCOc1ccc(-c2c(C)sc3nc(C)nc(N(C)CCC(=O)O)c23)cc1. The number of ether oxygens (including phenoxy) is 1. The fourth-order valence-electron chi connectivity index (χ4n) is 3.07. The number of aromatic nitrogens is 2. The highest BCUT2D eigenvalue weighted by Gasteiger charge is 2.20. The van der Waals surface area contributed by atoms with Crippen molar-refractivity contribution in [2.75, 3.05) is 25.1 Å². The number of carboxylic acid groups (broad SMARTS) is 1. The van der Waals surface area contributed by atoms with Gasteiger partial charge >= 0.3 is 5.97 Å². The lowest BCUT2D eigenvalue weighted by molar-refractivity contribution is -0.136. The highest BCUT2D eigenvalue weighted by atomic mass is 32.1. The molecule has 0 bridgehead atoms. The summed E-state index contributed by atoms with van der Waals surface area (Å²) >= 11 is 1.63. The van der Waals surface area contributed by atoms with E-state index in [1.165, 1.54) is 0 Å². The molecule has 2 heterocycles. The first-order chi connectivity index (χ1) is 12.9. The largest absolute Gasteiger partial charge is 0.494 e. The average molecular weight is 385 g/mol. The van der Waals surface area contributed by atoms with E-state index in [4.69, 9.17) is 9.84 Å².